The molecule has 6 heteroatoms. The van der Waals surface area contributed by atoms with Crippen molar-refractivity contribution >= 4 is 44.8 Å². The fourth-order valence-corrected chi connectivity index (χ4v) is 2.69. The maximum Gasteiger partial charge on any atom is 0.251 e. The quantitative estimate of drug-likeness (QED) is 0.841. The Morgan fingerprint density at radius 3 is 2.85 bits per heavy atom. The Balaban J connectivity index is 1.97. The SMILES string of the molecule is O=C1Nc2ccc(Br)cc2C1Nc1cc(Cl)ccc1F. The van der Waals surface area contributed by atoms with Crippen LogP contribution in [0.4, 0.5) is 15.8 Å². The van der Waals surface area contributed by atoms with E-state index in [0.717, 1.165) is 15.7 Å². The first-order valence-electron chi connectivity index (χ1n) is 5.86. The van der Waals surface area contributed by atoms with Gasteiger partial charge in [0, 0.05) is 20.7 Å². The van der Waals surface area contributed by atoms with Crippen molar-refractivity contribution in [2.45, 2.75) is 6.04 Å². The Bertz CT molecular complexity index is 708. The molecule has 1 heterocycles. The molecule has 0 aromatic heterocycles. The molecule has 0 saturated heterocycles. The van der Waals surface area contributed by atoms with Crippen LogP contribution in [0.25, 0.3) is 0 Å². The van der Waals surface area contributed by atoms with Crippen LogP contribution < -0.4 is 10.6 Å². The van der Waals surface area contributed by atoms with Crippen LogP contribution in [0.15, 0.2) is 40.9 Å². The van der Waals surface area contributed by atoms with Crippen molar-refractivity contribution in [2.75, 3.05) is 10.6 Å². The number of halogens is 3. The molecule has 2 aromatic carbocycles. The Morgan fingerprint density at radius 2 is 2.05 bits per heavy atom. The summed E-state index contributed by atoms with van der Waals surface area (Å²) in [4.78, 5) is 12.0. The fourth-order valence-electron chi connectivity index (χ4n) is 2.14. The zero-order valence-electron chi connectivity index (χ0n) is 10.1. The summed E-state index contributed by atoms with van der Waals surface area (Å²) in [7, 11) is 0. The lowest BCUT2D eigenvalue weighted by Gasteiger charge is -2.14. The first-order valence-corrected chi connectivity index (χ1v) is 7.03. The van der Waals surface area contributed by atoms with E-state index < -0.39 is 11.9 Å². The van der Waals surface area contributed by atoms with E-state index in [4.69, 9.17) is 11.6 Å². The van der Waals surface area contributed by atoms with Crippen LogP contribution in [0.2, 0.25) is 5.02 Å². The molecule has 2 N–H and O–H groups in total. The predicted octanol–water partition coefficient (Wildman–Crippen LogP) is 4.35. The zero-order chi connectivity index (χ0) is 14.3. The number of hydrogen-bond acceptors (Lipinski definition) is 2. The molecule has 0 radical (unpaired) electrons. The number of fused-ring (bicyclic) bond motifs is 1. The Labute approximate surface area is 128 Å². The zero-order valence-corrected chi connectivity index (χ0v) is 12.4. The summed E-state index contributed by atoms with van der Waals surface area (Å²) in [5, 5.41) is 6.05. The topological polar surface area (TPSA) is 41.1 Å². The van der Waals surface area contributed by atoms with E-state index in [1.807, 2.05) is 12.1 Å². The summed E-state index contributed by atoms with van der Waals surface area (Å²) in [5.74, 6) is -0.678. The summed E-state index contributed by atoms with van der Waals surface area (Å²) < 4.78 is 14.6. The average molecular weight is 356 g/mol. The van der Waals surface area contributed by atoms with Gasteiger partial charge >= 0.3 is 0 Å². The predicted molar refractivity (Wildman–Crippen MR) is 80.5 cm³/mol. The van der Waals surface area contributed by atoms with Gasteiger partial charge in [0.25, 0.3) is 5.91 Å². The van der Waals surface area contributed by atoms with E-state index in [1.165, 1.54) is 18.2 Å². The first kappa shape index (κ1) is 13.4. The highest BCUT2D eigenvalue weighted by atomic mass is 79.9. The van der Waals surface area contributed by atoms with Gasteiger partial charge in [-0.1, -0.05) is 27.5 Å². The Kier molecular flexibility index (Phi) is 3.40. The molecule has 0 spiro atoms. The molecule has 0 fully saturated rings. The monoisotopic (exact) mass is 354 g/mol. The van der Waals surface area contributed by atoms with Crippen LogP contribution in [-0.2, 0) is 4.79 Å². The van der Waals surface area contributed by atoms with Gasteiger partial charge in [0.1, 0.15) is 11.9 Å². The van der Waals surface area contributed by atoms with Gasteiger partial charge in [0.2, 0.25) is 0 Å². The lowest BCUT2D eigenvalue weighted by atomic mass is 10.1. The minimum atomic E-state index is -0.643. The number of rotatable bonds is 2. The van der Waals surface area contributed by atoms with Gasteiger partial charge < -0.3 is 10.6 Å². The van der Waals surface area contributed by atoms with E-state index in [9.17, 15) is 9.18 Å². The van der Waals surface area contributed by atoms with Crippen LogP contribution in [-0.4, -0.2) is 5.91 Å². The van der Waals surface area contributed by atoms with Crippen molar-refractivity contribution < 1.29 is 9.18 Å². The van der Waals surface area contributed by atoms with Gasteiger partial charge in [-0.2, -0.15) is 0 Å². The normalized spacial score (nSPS) is 16.8. The molecule has 1 amide bonds. The standard InChI is InChI=1S/C14H9BrClFN2O/c15-7-1-4-11-9(5-7)13(14(20)19-11)18-12-6-8(16)2-3-10(12)17/h1-6,13,18H,(H,19,20). The third-order valence-electron chi connectivity index (χ3n) is 3.07. The Morgan fingerprint density at radius 1 is 1.25 bits per heavy atom. The molecule has 1 aliphatic heterocycles. The number of nitrogens with one attached hydrogen (secondary N) is 2. The smallest absolute Gasteiger partial charge is 0.251 e. The van der Waals surface area contributed by atoms with Crippen molar-refractivity contribution in [3.8, 4) is 0 Å². The van der Waals surface area contributed by atoms with E-state index in [1.54, 1.807) is 6.07 Å². The minimum Gasteiger partial charge on any atom is -0.368 e. The highest BCUT2D eigenvalue weighted by Crippen LogP contribution is 2.36. The molecule has 3 nitrogen and oxygen atoms in total. The number of hydrogen-bond donors (Lipinski definition) is 2. The summed E-state index contributed by atoms with van der Waals surface area (Å²) in [6.07, 6.45) is 0. The lowest BCUT2D eigenvalue weighted by Crippen LogP contribution is -2.20. The second-order valence-electron chi connectivity index (χ2n) is 4.42. The molecule has 2 aromatic rings. The van der Waals surface area contributed by atoms with Gasteiger partial charge in [-0.25, -0.2) is 4.39 Å². The highest BCUT2D eigenvalue weighted by Gasteiger charge is 2.31. The molecule has 0 saturated carbocycles. The molecule has 0 aliphatic carbocycles. The van der Waals surface area contributed by atoms with Crippen molar-refractivity contribution in [1.29, 1.82) is 0 Å². The molecule has 1 atom stereocenters. The van der Waals surface area contributed by atoms with Gasteiger partial charge in [0.15, 0.2) is 0 Å². The summed E-state index contributed by atoms with van der Waals surface area (Å²) in [5.41, 5.74) is 1.69. The molecule has 0 bridgehead atoms. The number of carbonyl (C=O) groups is 1. The van der Waals surface area contributed by atoms with E-state index in [2.05, 4.69) is 26.6 Å². The van der Waals surface area contributed by atoms with E-state index in [-0.39, 0.29) is 11.6 Å². The van der Waals surface area contributed by atoms with Crippen LogP contribution in [0.1, 0.15) is 11.6 Å². The van der Waals surface area contributed by atoms with Crippen LogP contribution in [0.5, 0.6) is 0 Å². The maximum absolute atomic E-state index is 13.7. The summed E-state index contributed by atoms with van der Waals surface area (Å²) >= 11 is 9.21. The number of anilines is 2. The highest BCUT2D eigenvalue weighted by molar-refractivity contribution is 9.10. The molecule has 1 aliphatic rings. The van der Waals surface area contributed by atoms with E-state index >= 15 is 0 Å². The molecule has 1 unspecified atom stereocenters. The Hall–Kier alpha value is -1.59. The lowest BCUT2D eigenvalue weighted by molar-refractivity contribution is -0.116. The van der Waals surface area contributed by atoms with Gasteiger partial charge in [-0.3, -0.25) is 4.79 Å². The third kappa shape index (κ3) is 2.39. The first-order chi connectivity index (χ1) is 9.54. The molecule has 102 valence electrons. The molecule has 3 rings (SSSR count). The van der Waals surface area contributed by atoms with Crippen LogP contribution in [0, 0.1) is 5.82 Å². The maximum atomic E-state index is 13.7. The van der Waals surface area contributed by atoms with E-state index in [0.29, 0.717) is 5.02 Å². The number of amides is 1. The van der Waals surface area contributed by atoms with Gasteiger partial charge in [-0.15, -0.1) is 0 Å². The molecule has 20 heavy (non-hydrogen) atoms. The number of benzene rings is 2. The summed E-state index contributed by atoms with van der Waals surface area (Å²) in [6, 6.07) is 9.00. The average Bonchev–Trinajstić information content (AvgIpc) is 2.70. The third-order valence-corrected chi connectivity index (χ3v) is 3.80. The van der Waals surface area contributed by atoms with Gasteiger partial charge in [0.05, 0.1) is 5.69 Å². The minimum absolute atomic E-state index is 0.200. The number of carbonyl (C=O) groups excluding carboxylic acids is 1. The molecular formula is C14H9BrClFN2O. The summed E-state index contributed by atoms with van der Waals surface area (Å²) in [6.45, 7) is 0. The van der Waals surface area contributed by atoms with Crippen molar-refractivity contribution in [1.82, 2.24) is 0 Å². The second kappa shape index (κ2) is 5.07. The van der Waals surface area contributed by atoms with Crippen molar-refractivity contribution in [3.63, 3.8) is 0 Å². The van der Waals surface area contributed by atoms with Gasteiger partial charge in [-0.05, 0) is 36.4 Å². The molecular weight excluding hydrogens is 347 g/mol. The van der Waals surface area contributed by atoms with Crippen LogP contribution in [0.3, 0.4) is 0 Å². The van der Waals surface area contributed by atoms with Crippen molar-refractivity contribution in [2.24, 2.45) is 0 Å². The van der Waals surface area contributed by atoms with Crippen molar-refractivity contribution in [3.05, 3.63) is 57.3 Å². The second-order valence-corrected chi connectivity index (χ2v) is 5.77. The van der Waals surface area contributed by atoms with Crippen LogP contribution >= 0.6 is 27.5 Å². The largest absolute Gasteiger partial charge is 0.368 e. The fraction of sp³-hybridized carbons (Fsp3) is 0.0714.